The van der Waals surface area contributed by atoms with Crippen LogP contribution < -0.4 is 10.1 Å². The number of nitrogens with one attached hydrogen (secondary N) is 1. The number of hydrogen-bond acceptors (Lipinski definition) is 5. The number of hydrogen-bond donors (Lipinski definition) is 3. The minimum atomic E-state index is -1.25. The fourth-order valence-corrected chi connectivity index (χ4v) is 3.31. The average Bonchev–Trinajstić information content (AvgIpc) is 2.75. The summed E-state index contributed by atoms with van der Waals surface area (Å²) in [5.41, 5.74) is 2.03. The second kappa shape index (κ2) is 9.95. The van der Waals surface area contributed by atoms with E-state index in [2.05, 4.69) is 5.32 Å². The average molecular weight is 442 g/mol. The van der Waals surface area contributed by atoms with Crippen molar-refractivity contribution in [3.05, 3.63) is 76.3 Å². The first kappa shape index (κ1) is 22.8. The van der Waals surface area contributed by atoms with Crippen molar-refractivity contribution in [1.29, 1.82) is 0 Å². The van der Waals surface area contributed by atoms with E-state index in [1.54, 1.807) is 24.3 Å². The van der Waals surface area contributed by atoms with Gasteiger partial charge in [0.15, 0.2) is 0 Å². The number of ether oxygens (including phenoxy) is 1. The van der Waals surface area contributed by atoms with Gasteiger partial charge in [-0.15, -0.1) is 0 Å². The van der Waals surface area contributed by atoms with Crippen LogP contribution in [0.1, 0.15) is 23.1 Å². The molecule has 1 aliphatic heterocycles. The highest BCUT2D eigenvalue weighted by atomic mass is 19.1. The number of benzene rings is 2. The Morgan fingerprint density at radius 2 is 1.84 bits per heavy atom. The molecular formula is C23H23FN2O6. The number of aryl methyl sites for hydroxylation is 1. The van der Waals surface area contributed by atoms with Crippen LogP contribution in [0.25, 0.3) is 0 Å². The Hall–Kier alpha value is -3.88. The topological polar surface area (TPSA) is 116 Å². The highest BCUT2D eigenvalue weighted by molar-refractivity contribution is 6.19. The van der Waals surface area contributed by atoms with Gasteiger partial charge in [-0.25, -0.2) is 4.39 Å². The lowest BCUT2D eigenvalue weighted by Crippen LogP contribution is -2.43. The molecule has 1 aliphatic rings. The number of aliphatic carboxylic acids is 1. The van der Waals surface area contributed by atoms with Gasteiger partial charge in [0.2, 0.25) is 0 Å². The molecule has 0 aliphatic carbocycles. The normalized spacial score (nSPS) is 13.8. The predicted molar refractivity (Wildman–Crippen MR) is 112 cm³/mol. The van der Waals surface area contributed by atoms with Crippen molar-refractivity contribution in [2.75, 3.05) is 13.1 Å². The third-order valence-electron chi connectivity index (χ3n) is 4.96. The minimum absolute atomic E-state index is 0.0966. The highest BCUT2D eigenvalue weighted by Crippen LogP contribution is 2.24. The summed E-state index contributed by atoms with van der Waals surface area (Å²) in [7, 11) is 0. The Balaban J connectivity index is 1.64. The maximum absolute atomic E-state index is 13.0. The Morgan fingerprint density at radius 1 is 1.16 bits per heavy atom. The predicted octanol–water partition coefficient (Wildman–Crippen LogP) is 2.46. The van der Waals surface area contributed by atoms with Gasteiger partial charge in [-0.3, -0.25) is 14.4 Å². The number of carboxylic acid groups (broad SMARTS) is 1. The Labute approximate surface area is 183 Å². The van der Waals surface area contributed by atoms with Crippen LogP contribution in [0.15, 0.2) is 53.8 Å². The second-order valence-corrected chi connectivity index (χ2v) is 7.39. The molecule has 0 unspecified atom stereocenters. The van der Waals surface area contributed by atoms with Crippen molar-refractivity contribution >= 4 is 17.8 Å². The van der Waals surface area contributed by atoms with Crippen molar-refractivity contribution in [1.82, 2.24) is 10.2 Å². The molecule has 0 saturated carbocycles. The van der Waals surface area contributed by atoms with Crippen LogP contribution in [0, 0.1) is 12.7 Å². The summed E-state index contributed by atoms with van der Waals surface area (Å²) in [6.45, 7) is 1.92. The summed E-state index contributed by atoms with van der Waals surface area (Å²) in [5, 5.41) is 20.8. The van der Waals surface area contributed by atoms with Crippen LogP contribution in [0.4, 0.5) is 4.39 Å². The van der Waals surface area contributed by atoms with Crippen LogP contribution >= 0.6 is 0 Å². The molecule has 0 aromatic heterocycles. The molecule has 0 bridgehead atoms. The highest BCUT2D eigenvalue weighted by Gasteiger charge is 2.32. The maximum Gasteiger partial charge on any atom is 0.322 e. The Kier molecular flexibility index (Phi) is 7.09. The second-order valence-electron chi connectivity index (χ2n) is 7.39. The number of amides is 2. The van der Waals surface area contributed by atoms with E-state index < -0.39 is 29.9 Å². The first-order valence-corrected chi connectivity index (χ1v) is 9.92. The SMILES string of the molecule is Cc1cc(CN2CCC(O)=C(C(=O)NCC(=O)O)C2=O)ccc1OCc1ccc(F)cc1. The lowest BCUT2D eigenvalue weighted by Gasteiger charge is -2.28. The van der Waals surface area contributed by atoms with E-state index in [-0.39, 0.29) is 37.7 Å². The monoisotopic (exact) mass is 442 g/mol. The molecule has 0 fully saturated rings. The molecule has 8 nitrogen and oxygen atoms in total. The van der Waals surface area contributed by atoms with E-state index in [0.29, 0.717) is 5.75 Å². The molecule has 9 heteroatoms. The van der Waals surface area contributed by atoms with Gasteiger partial charge < -0.3 is 25.2 Å². The molecule has 0 spiro atoms. The van der Waals surface area contributed by atoms with Crippen LogP contribution in [0.3, 0.4) is 0 Å². The third-order valence-corrected chi connectivity index (χ3v) is 4.96. The van der Waals surface area contributed by atoms with Gasteiger partial charge in [0.1, 0.15) is 36.1 Å². The van der Waals surface area contributed by atoms with Crippen molar-refractivity contribution in [3.63, 3.8) is 0 Å². The summed E-state index contributed by atoms with van der Waals surface area (Å²) in [6, 6.07) is 11.5. The lowest BCUT2D eigenvalue weighted by molar-refractivity contribution is -0.138. The van der Waals surface area contributed by atoms with Gasteiger partial charge in [0.05, 0.1) is 0 Å². The fourth-order valence-electron chi connectivity index (χ4n) is 3.31. The van der Waals surface area contributed by atoms with Crippen molar-refractivity contribution in [2.45, 2.75) is 26.5 Å². The smallest absolute Gasteiger partial charge is 0.322 e. The molecule has 3 N–H and O–H groups in total. The molecule has 2 aromatic carbocycles. The Bertz CT molecular complexity index is 1060. The van der Waals surface area contributed by atoms with Gasteiger partial charge in [0, 0.05) is 19.5 Å². The zero-order chi connectivity index (χ0) is 23.3. The van der Waals surface area contributed by atoms with Crippen molar-refractivity contribution in [2.24, 2.45) is 0 Å². The number of carbonyl (C=O) groups excluding carboxylic acids is 2. The fraction of sp³-hybridized carbons (Fsp3) is 0.261. The number of halogens is 1. The van der Waals surface area contributed by atoms with Crippen molar-refractivity contribution < 1.29 is 33.7 Å². The quantitative estimate of drug-likeness (QED) is 0.541. The molecule has 2 aromatic rings. The number of carboxylic acids is 1. The standard InChI is InChI=1S/C23H23FN2O6/c1-14-10-16(4-7-19(14)32-13-15-2-5-17(24)6-3-15)12-26-9-8-18(27)21(23(26)31)22(30)25-11-20(28)29/h2-7,10,27H,8-9,11-13H2,1H3,(H,25,30)(H,28,29). The summed E-state index contributed by atoms with van der Waals surface area (Å²) < 4.78 is 18.8. The molecule has 0 saturated heterocycles. The summed E-state index contributed by atoms with van der Waals surface area (Å²) in [5.74, 6) is -2.85. The van der Waals surface area contributed by atoms with E-state index in [0.717, 1.165) is 16.7 Å². The zero-order valence-corrected chi connectivity index (χ0v) is 17.4. The molecule has 3 rings (SSSR count). The van der Waals surface area contributed by atoms with Gasteiger partial charge in [0.25, 0.3) is 11.8 Å². The van der Waals surface area contributed by atoms with E-state index in [4.69, 9.17) is 9.84 Å². The van der Waals surface area contributed by atoms with Crippen molar-refractivity contribution in [3.8, 4) is 5.75 Å². The molecular weight excluding hydrogens is 419 g/mol. The van der Waals surface area contributed by atoms with E-state index in [9.17, 15) is 23.9 Å². The van der Waals surface area contributed by atoms with E-state index in [1.807, 2.05) is 13.0 Å². The van der Waals surface area contributed by atoms with Crippen LogP contribution in [0.2, 0.25) is 0 Å². The summed E-state index contributed by atoms with van der Waals surface area (Å²) >= 11 is 0. The molecule has 1 heterocycles. The van der Waals surface area contributed by atoms with Crippen LogP contribution in [-0.2, 0) is 27.5 Å². The first-order valence-electron chi connectivity index (χ1n) is 9.92. The number of nitrogens with zero attached hydrogens (tertiary/aromatic N) is 1. The van der Waals surface area contributed by atoms with Gasteiger partial charge in [-0.05, 0) is 41.8 Å². The van der Waals surface area contributed by atoms with E-state index in [1.165, 1.54) is 17.0 Å². The molecule has 2 amide bonds. The molecule has 0 atom stereocenters. The van der Waals surface area contributed by atoms with Crippen LogP contribution in [-0.4, -0.2) is 46.0 Å². The maximum atomic E-state index is 13.0. The largest absolute Gasteiger partial charge is 0.511 e. The summed E-state index contributed by atoms with van der Waals surface area (Å²) in [6.07, 6.45) is 0.0966. The van der Waals surface area contributed by atoms with Crippen LogP contribution in [0.5, 0.6) is 5.75 Å². The Morgan fingerprint density at radius 3 is 2.50 bits per heavy atom. The lowest BCUT2D eigenvalue weighted by atomic mass is 10.0. The number of carbonyl (C=O) groups is 3. The number of aliphatic hydroxyl groups is 1. The van der Waals surface area contributed by atoms with E-state index >= 15 is 0 Å². The minimum Gasteiger partial charge on any atom is -0.511 e. The van der Waals surface area contributed by atoms with Gasteiger partial charge in [-0.2, -0.15) is 0 Å². The third kappa shape index (κ3) is 5.63. The number of aliphatic hydroxyl groups excluding tert-OH is 1. The molecule has 168 valence electrons. The van der Waals surface area contributed by atoms with Gasteiger partial charge in [-0.1, -0.05) is 24.3 Å². The summed E-state index contributed by atoms with van der Waals surface area (Å²) in [4.78, 5) is 36.9. The van der Waals surface area contributed by atoms with Gasteiger partial charge >= 0.3 is 5.97 Å². The first-order chi connectivity index (χ1) is 15.2. The zero-order valence-electron chi connectivity index (χ0n) is 17.4. The molecule has 0 radical (unpaired) electrons. The number of rotatable bonds is 8. The molecule has 32 heavy (non-hydrogen) atoms.